The van der Waals surface area contributed by atoms with Crippen LogP contribution in [0.25, 0.3) is 0 Å². The molecule has 0 saturated carbocycles. The lowest BCUT2D eigenvalue weighted by Crippen LogP contribution is -2.60. The number of hydrogen-bond donors (Lipinski definition) is 4. The van der Waals surface area contributed by atoms with E-state index in [1.54, 1.807) is 0 Å². The third-order valence-corrected chi connectivity index (χ3v) is 1.28. The molecule has 0 aliphatic heterocycles. The van der Waals surface area contributed by atoms with Gasteiger partial charge in [0, 0.05) is 12.5 Å². The lowest BCUT2D eigenvalue weighted by molar-refractivity contribution is 0.371. The van der Waals surface area contributed by atoms with Crippen LogP contribution in [0.2, 0.25) is 0 Å². The molecule has 0 aromatic carbocycles. The summed E-state index contributed by atoms with van der Waals surface area (Å²) in [5, 5.41) is 0. The zero-order chi connectivity index (χ0) is 8.20. The van der Waals surface area contributed by atoms with E-state index >= 15 is 0 Å². The van der Waals surface area contributed by atoms with Gasteiger partial charge in [0.1, 0.15) is 5.79 Å². The van der Waals surface area contributed by atoms with Crippen molar-refractivity contribution in [3.63, 3.8) is 0 Å². The molecule has 1 unspecified atom stereocenters. The van der Waals surface area contributed by atoms with E-state index in [-0.39, 0.29) is 6.04 Å². The molecule has 4 nitrogen and oxygen atoms in total. The largest absolute Gasteiger partial charge is 0.328 e. The first-order valence-electron chi connectivity index (χ1n) is 3.58. The summed E-state index contributed by atoms with van der Waals surface area (Å²) in [5.74, 6) is -1.10. The van der Waals surface area contributed by atoms with Gasteiger partial charge in [0.05, 0.1) is 0 Å². The first-order chi connectivity index (χ1) is 4.45. The normalized spacial score (nSPS) is 15.3. The lowest BCUT2D eigenvalue weighted by atomic mass is 10.1. The van der Waals surface area contributed by atoms with Crippen molar-refractivity contribution in [1.82, 2.24) is 0 Å². The second kappa shape index (κ2) is 3.88. The van der Waals surface area contributed by atoms with Crippen molar-refractivity contribution in [2.75, 3.05) is 0 Å². The molecule has 4 heteroatoms. The zero-order valence-corrected chi connectivity index (χ0v) is 6.51. The second-order valence-electron chi connectivity index (χ2n) is 2.87. The summed E-state index contributed by atoms with van der Waals surface area (Å²) in [7, 11) is 0. The van der Waals surface area contributed by atoms with Gasteiger partial charge >= 0.3 is 0 Å². The number of rotatable bonds is 4. The molecule has 0 amide bonds. The van der Waals surface area contributed by atoms with Gasteiger partial charge in [0.15, 0.2) is 0 Å². The highest BCUT2D eigenvalue weighted by molar-refractivity contribution is 4.75. The molecule has 10 heavy (non-hydrogen) atoms. The maximum Gasteiger partial charge on any atom is 0.117 e. The van der Waals surface area contributed by atoms with Crippen LogP contribution in [0.4, 0.5) is 0 Å². The van der Waals surface area contributed by atoms with Crippen LogP contribution < -0.4 is 22.9 Å². The van der Waals surface area contributed by atoms with Crippen molar-refractivity contribution in [2.24, 2.45) is 22.9 Å². The first-order valence-corrected chi connectivity index (χ1v) is 3.58. The van der Waals surface area contributed by atoms with Crippen molar-refractivity contribution in [3.05, 3.63) is 0 Å². The van der Waals surface area contributed by atoms with Crippen molar-refractivity contribution in [1.29, 1.82) is 0 Å². The highest BCUT2D eigenvalue weighted by atomic mass is 15.1. The van der Waals surface area contributed by atoms with E-state index in [0.29, 0.717) is 6.42 Å². The SMILES string of the molecule is CCCC(N)CC(N)(N)N. The van der Waals surface area contributed by atoms with Gasteiger partial charge < -0.3 is 22.9 Å². The van der Waals surface area contributed by atoms with Gasteiger partial charge in [-0.1, -0.05) is 13.3 Å². The third kappa shape index (κ3) is 5.97. The quantitative estimate of drug-likeness (QED) is 0.383. The van der Waals surface area contributed by atoms with Crippen LogP contribution in [0.15, 0.2) is 0 Å². The lowest BCUT2D eigenvalue weighted by Gasteiger charge is -2.22. The minimum atomic E-state index is -1.10. The Morgan fingerprint density at radius 1 is 1.30 bits per heavy atom. The Hall–Kier alpha value is -0.160. The summed E-state index contributed by atoms with van der Waals surface area (Å²) in [6, 6.07) is 0.0324. The summed E-state index contributed by atoms with van der Waals surface area (Å²) < 4.78 is 0. The topological polar surface area (TPSA) is 104 Å². The van der Waals surface area contributed by atoms with Crippen LogP contribution in [0, 0.1) is 0 Å². The van der Waals surface area contributed by atoms with Crippen molar-refractivity contribution in [3.8, 4) is 0 Å². The number of nitrogens with two attached hydrogens (primary N) is 4. The fraction of sp³-hybridized carbons (Fsp3) is 1.00. The van der Waals surface area contributed by atoms with E-state index in [1.807, 2.05) is 0 Å². The van der Waals surface area contributed by atoms with Crippen LogP contribution >= 0.6 is 0 Å². The van der Waals surface area contributed by atoms with Crippen LogP contribution in [0.5, 0.6) is 0 Å². The van der Waals surface area contributed by atoms with Gasteiger partial charge in [-0.05, 0) is 6.42 Å². The summed E-state index contributed by atoms with van der Waals surface area (Å²) in [6.45, 7) is 2.06. The highest BCUT2D eigenvalue weighted by Crippen LogP contribution is 2.01. The minimum absolute atomic E-state index is 0.0324. The molecule has 0 spiro atoms. The fourth-order valence-electron chi connectivity index (χ4n) is 0.927. The average Bonchev–Trinajstić information content (AvgIpc) is 1.59. The van der Waals surface area contributed by atoms with E-state index < -0.39 is 5.79 Å². The van der Waals surface area contributed by atoms with Gasteiger partial charge in [-0.25, -0.2) is 0 Å². The molecule has 0 aromatic rings. The molecule has 0 aromatic heterocycles. The van der Waals surface area contributed by atoms with Crippen LogP contribution in [0.1, 0.15) is 26.2 Å². The Bertz CT molecular complexity index is 86.2. The van der Waals surface area contributed by atoms with Crippen LogP contribution in [0.3, 0.4) is 0 Å². The summed E-state index contributed by atoms with van der Waals surface area (Å²) in [6.07, 6.45) is 2.44. The smallest absolute Gasteiger partial charge is 0.117 e. The average molecular weight is 146 g/mol. The Morgan fingerprint density at radius 3 is 2.10 bits per heavy atom. The van der Waals surface area contributed by atoms with E-state index in [9.17, 15) is 0 Å². The molecular weight excluding hydrogens is 128 g/mol. The highest BCUT2D eigenvalue weighted by Gasteiger charge is 2.15. The molecule has 0 rings (SSSR count). The third-order valence-electron chi connectivity index (χ3n) is 1.28. The van der Waals surface area contributed by atoms with E-state index in [4.69, 9.17) is 22.9 Å². The molecule has 0 radical (unpaired) electrons. The maximum atomic E-state index is 5.63. The molecule has 0 bridgehead atoms. The second-order valence-corrected chi connectivity index (χ2v) is 2.87. The molecule has 0 aliphatic rings. The Balaban J connectivity index is 3.47. The Morgan fingerprint density at radius 2 is 1.80 bits per heavy atom. The maximum absolute atomic E-state index is 5.63. The van der Waals surface area contributed by atoms with Crippen LogP contribution in [-0.4, -0.2) is 11.8 Å². The van der Waals surface area contributed by atoms with E-state index in [0.717, 1.165) is 12.8 Å². The molecule has 0 fully saturated rings. The first kappa shape index (κ1) is 9.84. The van der Waals surface area contributed by atoms with Crippen molar-refractivity contribution in [2.45, 2.75) is 38.0 Å². The van der Waals surface area contributed by atoms with Gasteiger partial charge in [-0.3, -0.25) is 0 Å². The van der Waals surface area contributed by atoms with Crippen molar-refractivity contribution >= 4 is 0 Å². The van der Waals surface area contributed by atoms with Gasteiger partial charge in [-0.15, -0.1) is 0 Å². The molecule has 8 N–H and O–H groups in total. The predicted molar refractivity (Wildman–Crippen MR) is 42.8 cm³/mol. The molecule has 0 saturated heterocycles. The Labute approximate surface area is 61.9 Å². The monoisotopic (exact) mass is 146 g/mol. The predicted octanol–water partition coefficient (Wildman–Crippen LogP) is -0.966. The van der Waals surface area contributed by atoms with Gasteiger partial charge in [0.2, 0.25) is 0 Å². The van der Waals surface area contributed by atoms with Crippen LogP contribution in [-0.2, 0) is 0 Å². The summed E-state index contributed by atoms with van der Waals surface area (Å²) in [5.41, 5.74) is 21.7. The fourth-order valence-corrected chi connectivity index (χ4v) is 0.927. The molecular formula is C6H18N4. The van der Waals surface area contributed by atoms with Crippen molar-refractivity contribution < 1.29 is 0 Å². The standard InChI is InChI=1S/C6H18N4/c1-2-3-5(7)4-6(8,9)10/h5H,2-4,7-10H2,1H3. The minimum Gasteiger partial charge on any atom is -0.328 e. The zero-order valence-electron chi connectivity index (χ0n) is 6.51. The van der Waals surface area contributed by atoms with Gasteiger partial charge in [0.25, 0.3) is 0 Å². The van der Waals surface area contributed by atoms with Gasteiger partial charge in [-0.2, -0.15) is 0 Å². The summed E-state index contributed by atoms with van der Waals surface area (Å²) in [4.78, 5) is 0. The molecule has 0 aliphatic carbocycles. The number of hydrogen-bond acceptors (Lipinski definition) is 4. The Kier molecular flexibility index (Phi) is 3.81. The summed E-state index contributed by atoms with van der Waals surface area (Å²) >= 11 is 0. The molecule has 1 atom stereocenters. The van der Waals surface area contributed by atoms with E-state index in [1.165, 1.54) is 0 Å². The van der Waals surface area contributed by atoms with E-state index in [2.05, 4.69) is 6.92 Å². The molecule has 0 heterocycles. The molecule has 62 valence electrons.